The molecule has 1 amide bonds. The van der Waals surface area contributed by atoms with E-state index >= 15 is 0 Å². The van der Waals surface area contributed by atoms with Gasteiger partial charge in [-0.2, -0.15) is 0 Å². The minimum Gasteiger partial charge on any atom is -0.454 e. The maximum absolute atomic E-state index is 12.7. The van der Waals surface area contributed by atoms with Crippen molar-refractivity contribution in [1.82, 2.24) is 19.9 Å². The Hall–Kier alpha value is -3.29. The molecular formula is C18H19N5O3. The zero-order chi connectivity index (χ0) is 18.1. The molecule has 0 atom stereocenters. The Balaban J connectivity index is 1.75. The number of anilines is 1. The predicted octanol–water partition coefficient (Wildman–Crippen LogP) is 1.93. The Kier molecular flexibility index (Phi) is 4.08. The molecule has 0 unspecified atom stereocenters. The molecule has 3 heterocycles. The van der Waals surface area contributed by atoms with Crippen molar-refractivity contribution in [1.29, 1.82) is 0 Å². The normalized spacial score (nSPS) is 12.5. The molecule has 0 bridgehead atoms. The molecule has 0 fully saturated rings. The van der Waals surface area contributed by atoms with Gasteiger partial charge in [-0.3, -0.25) is 4.79 Å². The zero-order valence-electron chi connectivity index (χ0n) is 14.4. The third-order valence-electron chi connectivity index (χ3n) is 4.25. The molecule has 8 nitrogen and oxygen atoms in total. The smallest absolute Gasteiger partial charge is 0.270 e. The van der Waals surface area contributed by atoms with Crippen LogP contribution >= 0.6 is 0 Å². The summed E-state index contributed by atoms with van der Waals surface area (Å²) in [6, 6.07) is 5.72. The summed E-state index contributed by atoms with van der Waals surface area (Å²) in [4.78, 5) is 21.0. The summed E-state index contributed by atoms with van der Waals surface area (Å²) in [6.45, 7) is 3.30. The van der Waals surface area contributed by atoms with E-state index in [1.807, 2.05) is 35.9 Å². The van der Waals surface area contributed by atoms with E-state index < -0.39 is 0 Å². The molecule has 0 saturated heterocycles. The predicted molar refractivity (Wildman–Crippen MR) is 96.2 cm³/mol. The number of nitrogens with two attached hydrogens (primary N) is 1. The molecule has 1 aliphatic heterocycles. The Morgan fingerprint density at radius 2 is 2.15 bits per heavy atom. The number of nitrogens with one attached hydrogen (secondary N) is 1. The summed E-state index contributed by atoms with van der Waals surface area (Å²) in [6.07, 6.45) is 4.04. The minimum atomic E-state index is -0.180. The van der Waals surface area contributed by atoms with E-state index in [0.717, 1.165) is 17.7 Å². The molecule has 134 valence electrons. The van der Waals surface area contributed by atoms with Crippen LogP contribution in [0.25, 0.3) is 10.9 Å². The second-order valence-electron chi connectivity index (χ2n) is 6.07. The van der Waals surface area contributed by atoms with Gasteiger partial charge in [0.2, 0.25) is 6.79 Å². The molecule has 1 aromatic carbocycles. The fraction of sp³-hybridized carbons (Fsp3) is 0.278. The molecule has 0 spiro atoms. The Morgan fingerprint density at radius 1 is 1.31 bits per heavy atom. The van der Waals surface area contributed by atoms with Gasteiger partial charge in [0.1, 0.15) is 23.4 Å². The van der Waals surface area contributed by atoms with Crippen molar-refractivity contribution in [2.75, 3.05) is 19.1 Å². The number of carbonyl (C=O) groups is 1. The fourth-order valence-electron chi connectivity index (χ4n) is 3.00. The maximum atomic E-state index is 12.7. The Bertz CT molecular complexity index is 982. The number of benzene rings is 1. The first-order valence-electron chi connectivity index (χ1n) is 8.43. The van der Waals surface area contributed by atoms with Crippen molar-refractivity contribution >= 4 is 22.6 Å². The minimum absolute atomic E-state index is 0.180. The maximum Gasteiger partial charge on any atom is 0.270 e. The molecular weight excluding hydrogens is 334 g/mol. The van der Waals surface area contributed by atoms with Gasteiger partial charge < -0.3 is 25.1 Å². The summed E-state index contributed by atoms with van der Waals surface area (Å²) in [5.41, 5.74) is 7.97. The lowest BCUT2D eigenvalue weighted by atomic mass is 10.2. The number of rotatable bonds is 5. The van der Waals surface area contributed by atoms with E-state index in [0.29, 0.717) is 41.3 Å². The van der Waals surface area contributed by atoms with E-state index in [1.165, 1.54) is 6.33 Å². The van der Waals surface area contributed by atoms with Gasteiger partial charge in [-0.25, -0.2) is 9.97 Å². The van der Waals surface area contributed by atoms with Gasteiger partial charge in [0.25, 0.3) is 5.91 Å². The molecule has 1 aliphatic rings. The molecule has 0 saturated carbocycles. The Morgan fingerprint density at radius 3 is 3.00 bits per heavy atom. The molecule has 4 rings (SSSR count). The van der Waals surface area contributed by atoms with E-state index in [-0.39, 0.29) is 12.7 Å². The van der Waals surface area contributed by atoms with Crippen molar-refractivity contribution in [3.63, 3.8) is 0 Å². The number of carbonyl (C=O) groups excluding carboxylic acids is 1. The molecule has 3 N–H and O–H groups in total. The molecule has 0 radical (unpaired) electrons. The number of ether oxygens (including phenoxy) is 2. The van der Waals surface area contributed by atoms with E-state index in [4.69, 9.17) is 15.2 Å². The summed E-state index contributed by atoms with van der Waals surface area (Å²) < 4.78 is 12.6. The number of nitrogens with zero attached hydrogens (tertiary/aromatic N) is 3. The average Bonchev–Trinajstić information content (AvgIpc) is 3.24. The van der Waals surface area contributed by atoms with Crippen LogP contribution < -0.4 is 20.5 Å². The lowest BCUT2D eigenvalue weighted by molar-refractivity contribution is 0.0946. The SMILES string of the molecule is CCCNC(=O)c1c2ncnc(N)c2cn1Cc1ccc2c(c1)OCO2. The lowest BCUT2D eigenvalue weighted by Crippen LogP contribution is -2.27. The highest BCUT2D eigenvalue weighted by Gasteiger charge is 2.20. The number of hydrogen-bond donors (Lipinski definition) is 2. The van der Waals surface area contributed by atoms with Crippen LogP contribution in [0.3, 0.4) is 0 Å². The van der Waals surface area contributed by atoms with Crippen LogP contribution in [0, 0.1) is 0 Å². The van der Waals surface area contributed by atoms with Gasteiger partial charge in [-0.15, -0.1) is 0 Å². The van der Waals surface area contributed by atoms with Crippen molar-refractivity contribution in [2.24, 2.45) is 0 Å². The summed E-state index contributed by atoms with van der Waals surface area (Å²) in [5, 5.41) is 3.57. The zero-order valence-corrected chi connectivity index (χ0v) is 14.4. The quantitative estimate of drug-likeness (QED) is 0.726. The second-order valence-corrected chi connectivity index (χ2v) is 6.07. The molecule has 26 heavy (non-hydrogen) atoms. The molecule has 8 heteroatoms. The number of hydrogen-bond acceptors (Lipinski definition) is 6. The second kappa shape index (κ2) is 6.55. The van der Waals surface area contributed by atoms with Gasteiger partial charge in [-0.1, -0.05) is 13.0 Å². The highest BCUT2D eigenvalue weighted by Crippen LogP contribution is 2.33. The van der Waals surface area contributed by atoms with Crippen LogP contribution in [0.2, 0.25) is 0 Å². The molecule has 0 aliphatic carbocycles. The summed E-state index contributed by atoms with van der Waals surface area (Å²) >= 11 is 0. The first-order chi connectivity index (χ1) is 12.7. The first kappa shape index (κ1) is 16.2. The lowest BCUT2D eigenvalue weighted by Gasteiger charge is -2.10. The largest absolute Gasteiger partial charge is 0.454 e. The van der Waals surface area contributed by atoms with Crippen molar-refractivity contribution in [2.45, 2.75) is 19.9 Å². The number of amides is 1. The summed E-state index contributed by atoms with van der Waals surface area (Å²) in [5.74, 6) is 1.60. The van der Waals surface area contributed by atoms with Crippen molar-refractivity contribution < 1.29 is 14.3 Å². The van der Waals surface area contributed by atoms with Gasteiger partial charge in [0.15, 0.2) is 11.5 Å². The number of nitrogen functional groups attached to an aromatic ring is 1. The molecule has 3 aromatic rings. The average molecular weight is 353 g/mol. The third kappa shape index (κ3) is 2.79. The van der Waals surface area contributed by atoms with Gasteiger partial charge in [0.05, 0.1) is 5.39 Å². The van der Waals surface area contributed by atoms with Crippen LogP contribution in [0.5, 0.6) is 11.5 Å². The summed E-state index contributed by atoms with van der Waals surface area (Å²) in [7, 11) is 0. The monoisotopic (exact) mass is 353 g/mol. The van der Waals surface area contributed by atoms with E-state index in [9.17, 15) is 4.79 Å². The van der Waals surface area contributed by atoms with E-state index in [1.54, 1.807) is 0 Å². The van der Waals surface area contributed by atoms with Crippen LogP contribution in [-0.2, 0) is 6.54 Å². The van der Waals surface area contributed by atoms with Crippen LogP contribution in [0.1, 0.15) is 29.4 Å². The van der Waals surface area contributed by atoms with Crippen LogP contribution in [0.4, 0.5) is 5.82 Å². The number of fused-ring (bicyclic) bond motifs is 2. The molecule has 2 aromatic heterocycles. The number of aromatic nitrogens is 3. The highest BCUT2D eigenvalue weighted by atomic mass is 16.7. The Labute approximate surface area is 149 Å². The third-order valence-corrected chi connectivity index (χ3v) is 4.25. The van der Waals surface area contributed by atoms with Crippen LogP contribution in [0.15, 0.2) is 30.7 Å². The standard InChI is InChI=1S/C18H19N5O3/c1-2-5-20-18(24)16-15-12(17(19)22-9-21-15)8-23(16)7-11-3-4-13-14(6-11)26-10-25-13/h3-4,6,8-9H,2,5,7,10H2,1H3,(H,20,24)(H2,19,21,22). The van der Waals surface area contributed by atoms with Crippen molar-refractivity contribution in [3.8, 4) is 11.5 Å². The van der Waals surface area contributed by atoms with Gasteiger partial charge in [-0.05, 0) is 24.1 Å². The van der Waals surface area contributed by atoms with Crippen molar-refractivity contribution in [3.05, 3.63) is 42.0 Å². The van der Waals surface area contributed by atoms with Gasteiger partial charge in [0, 0.05) is 19.3 Å². The highest BCUT2D eigenvalue weighted by molar-refractivity contribution is 6.06. The topological polar surface area (TPSA) is 104 Å². The van der Waals surface area contributed by atoms with Gasteiger partial charge >= 0.3 is 0 Å². The van der Waals surface area contributed by atoms with E-state index in [2.05, 4.69) is 15.3 Å². The first-order valence-corrected chi connectivity index (χ1v) is 8.43. The fourth-order valence-corrected chi connectivity index (χ4v) is 3.00. The van der Waals surface area contributed by atoms with Crippen LogP contribution in [-0.4, -0.2) is 33.8 Å².